The average molecular weight is 360 g/mol. The van der Waals surface area contributed by atoms with E-state index in [9.17, 15) is 4.79 Å². The summed E-state index contributed by atoms with van der Waals surface area (Å²) in [5.41, 5.74) is 2.94. The van der Waals surface area contributed by atoms with Crippen molar-refractivity contribution in [3.05, 3.63) is 40.6 Å². The van der Waals surface area contributed by atoms with Gasteiger partial charge in [0.05, 0.1) is 31.4 Å². The quantitative estimate of drug-likeness (QED) is 0.848. The maximum atomic E-state index is 12.5. The van der Waals surface area contributed by atoms with Crippen molar-refractivity contribution < 1.29 is 13.9 Å². The molecule has 0 radical (unpaired) electrons. The molecule has 0 unspecified atom stereocenters. The first-order valence-corrected chi connectivity index (χ1v) is 9.09. The van der Waals surface area contributed by atoms with E-state index in [1.54, 1.807) is 0 Å². The summed E-state index contributed by atoms with van der Waals surface area (Å²) in [6.07, 6.45) is 0.346. The van der Waals surface area contributed by atoms with Crippen LogP contribution in [0.4, 0.5) is 0 Å². The van der Waals surface area contributed by atoms with E-state index in [1.165, 1.54) is 0 Å². The lowest BCUT2D eigenvalue weighted by Crippen LogP contribution is -2.44. The van der Waals surface area contributed by atoms with E-state index in [4.69, 9.17) is 9.15 Å². The largest absolute Gasteiger partial charge is 0.465 e. The van der Waals surface area contributed by atoms with Crippen LogP contribution in [-0.2, 0) is 23.0 Å². The van der Waals surface area contributed by atoms with Crippen molar-refractivity contribution in [1.29, 1.82) is 0 Å². The second-order valence-electron chi connectivity index (χ2n) is 6.87. The second-order valence-corrected chi connectivity index (χ2v) is 6.87. The molecule has 1 fully saturated rings. The van der Waals surface area contributed by atoms with Crippen LogP contribution in [-0.4, -0.2) is 53.4 Å². The Morgan fingerprint density at radius 2 is 2.00 bits per heavy atom. The Morgan fingerprint density at radius 3 is 2.58 bits per heavy atom. The van der Waals surface area contributed by atoms with Gasteiger partial charge in [0.1, 0.15) is 11.5 Å². The summed E-state index contributed by atoms with van der Waals surface area (Å²) < 4.78 is 13.1. The predicted octanol–water partition coefficient (Wildman–Crippen LogP) is 1.67. The van der Waals surface area contributed by atoms with E-state index in [0.29, 0.717) is 26.2 Å². The van der Waals surface area contributed by atoms with Gasteiger partial charge in [0.15, 0.2) is 0 Å². The fraction of sp³-hybridized carbons (Fsp3) is 0.579. The van der Waals surface area contributed by atoms with Crippen LogP contribution < -0.4 is 5.32 Å². The normalized spacial score (nSPS) is 16.6. The predicted molar refractivity (Wildman–Crippen MR) is 98.0 cm³/mol. The molecule has 26 heavy (non-hydrogen) atoms. The molecule has 142 valence electrons. The van der Waals surface area contributed by atoms with Gasteiger partial charge in [-0.2, -0.15) is 5.10 Å². The molecule has 1 aliphatic rings. The summed E-state index contributed by atoms with van der Waals surface area (Å²) in [6, 6.07) is 3.98. The molecule has 2 aromatic heterocycles. The molecule has 2 aromatic rings. The van der Waals surface area contributed by atoms with Gasteiger partial charge in [0.25, 0.3) is 0 Å². The van der Waals surface area contributed by atoms with E-state index in [0.717, 1.165) is 41.6 Å². The third-order valence-electron chi connectivity index (χ3n) is 5.06. The Bertz CT molecular complexity index is 759. The fourth-order valence-electron chi connectivity index (χ4n) is 3.44. The summed E-state index contributed by atoms with van der Waals surface area (Å²) in [5.74, 6) is 1.77. The van der Waals surface area contributed by atoms with Gasteiger partial charge in [-0.15, -0.1) is 0 Å². The van der Waals surface area contributed by atoms with Gasteiger partial charge in [-0.25, -0.2) is 0 Å². The highest BCUT2D eigenvalue weighted by Gasteiger charge is 2.26. The second kappa shape index (κ2) is 8.05. The molecule has 3 heterocycles. The van der Waals surface area contributed by atoms with E-state index >= 15 is 0 Å². The summed E-state index contributed by atoms with van der Waals surface area (Å²) in [7, 11) is 1.90. The first-order valence-electron chi connectivity index (χ1n) is 9.09. The van der Waals surface area contributed by atoms with Gasteiger partial charge in [-0.3, -0.25) is 14.4 Å². The number of hydrogen-bond donors (Lipinski definition) is 1. The standard InChI is InChI=1S/C19H28N4O3/c1-13-5-6-18(26-13)17(23-7-9-25-10-8-23)12-20-19(24)11-16-14(2)21-22(4)15(16)3/h5-6,17H,7-12H2,1-4H3,(H,20,24)/t17-/m1/s1. The highest BCUT2D eigenvalue weighted by Crippen LogP contribution is 2.23. The van der Waals surface area contributed by atoms with Gasteiger partial charge in [0, 0.05) is 37.9 Å². The minimum absolute atomic E-state index is 0.00531. The lowest BCUT2D eigenvalue weighted by Gasteiger charge is -2.33. The molecule has 0 spiro atoms. The summed E-state index contributed by atoms with van der Waals surface area (Å²) in [5, 5.41) is 7.46. The van der Waals surface area contributed by atoms with Crippen molar-refractivity contribution in [2.75, 3.05) is 32.8 Å². The number of aromatic nitrogens is 2. The van der Waals surface area contributed by atoms with Gasteiger partial charge >= 0.3 is 0 Å². The molecule has 0 aromatic carbocycles. The van der Waals surface area contributed by atoms with Crippen LogP contribution in [0.1, 0.15) is 34.5 Å². The molecular weight excluding hydrogens is 332 g/mol. The number of hydrogen-bond acceptors (Lipinski definition) is 5. The van der Waals surface area contributed by atoms with Crippen molar-refractivity contribution in [3.63, 3.8) is 0 Å². The lowest BCUT2D eigenvalue weighted by atomic mass is 10.1. The Hall–Kier alpha value is -2.12. The summed E-state index contributed by atoms with van der Waals surface area (Å²) >= 11 is 0. The number of amides is 1. The zero-order valence-electron chi connectivity index (χ0n) is 16.0. The van der Waals surface area contributed by atoms with Crippen molar-refractivity contribution in [1.82, 2.24) is 20.0 Å². The summed E-state index contributed by atoms with van der Waals surface area (Å²) in [4.78, 5) is 14.8. The molecule has 1 atom stereocenters. The number of ether oxygens (including phenoxy) is 1. The molecule has 1 saturated heterocycles. The molecule has 1 aliphatic heterocycles. The monoisotopic (exact) mass is 360 g/mol. The number of aryl methyl sites for hydroxylation is 3. The van der Waals surface area contributed by atoms with Crippen LogP contribution in [0, 0.1) is 20.8 Å². The smallest absolute Gasteiger partial charge is 0.224 e. The van der Waals surface area contributed by atoms with Crippen molar-refractivity contribution >= 4 is 5.91 Å². The van der Waals surface area contributed by atoms with Crippen molar-refractivity contribution in [3.8, 4) is 0 Å². The number of rotatable bonds is 6. The Balaban J connectivity index is 1.66. The molecule has 1 amide bonds. The topological polar surface area (TPSA) is 72.5 Å². The highest BCUT2D eigenvalue weighted by atomic mass is 16.5. The number of furan rings is 1. The molecule has 7 nitrogen and oxygen atoms in total. The average Bonchev–Trinajstić information content (AvgIpc) is 3.15. The van der Waals surface area contributed by atoms with Gasteiger partial charge < -0.3 is 14.5 Å². The maximum Gasteiger partial charge on any atom is 0.224 e. The summed E-state index contributed by atoms with van der Waals surface area (Å²) in [6.45, 7) is 9.47. The minimum Gasteiger partial charge on any atom is -0.465 e. The van der Waals surface area contributed by atoms with Crippen molar-refractivity contribution in [2.24, 2.45) is 7.05 Å². The Labute approximate surface area is 154 Å². The molecule has 0 bridgehead atoms. The number of morpholine rings is 1. The third kappa shape index (κ3) is 4.16. The van der Waals surface area contributed by atoms with Crippen LogP contribution in [0.5, 0.6) is 0 Å². The Morgan fingerprint density at radius 1 is 1.27 bits per heavy atom. The molecular formula is C19H28N4O3. The molecule has 0 saturated carbocycles. The van der Waals surface area contributed by atoms with Crippen LogP contribution >= 0.6 is 0 Å². The van der Waals surface area contributed by atoms with Crippen molar-refractivity contribution in [2.45, 2.75) is 33.2 Å². The zero-order valence-corrected chi connectivity index (χ0v) is 16.0. The van der Waals surface area contributed by atoms with E-state index < -0.39 is 0 Å². The SMILES string of the molecule is Cc1ccc([C@@H](CNC(=O)Cc2c(C)nn(C)c2C)N2CCOCC2)o1. The van der Waals surface area contributed by atoms with E-state index in [1.807, 2.05) is 44.6 Å². The molecule has 0 aliphatic carbocycles. The van der Waals surface area contributed by atoms with Crippen LogP contribution in [0.3, 0.4) is 0 Å². The lowest BCUT2D eigenvalue weighted by molar-refractivity contribution is -0.120. The first-order chi connectivity index (χ1) is 12.5. The van der Waals surface area contributed by atoms with Crippen LogP contribution in [0.15, 0.2) is 16.5 Å². The number of carbonyl (C=O) groups excluding carboxylic acids is 1. The minimum atomic E-state index is 0.00531. The van der Waals surface area contributed by atoms with Crippen LogP contribution in [0.2, 0.25) is 0 Å². The Kier molecular flexibility index (Phi) is 5.78. The fourth-order valence-corrected chi connectivity index (χ4v) is 3.44. The number of carbonyl (C=O) groups is 1. The number of nitrogens with one attached hydrogen (secondary N) is 1. The van der Waals surface area contributed by atoms with Gasteiger partial charge in [0.2, 0.25) is 5.91 Å². The molecule has 7 heteroatoms. The number of nitrogens with zero attached hydrogens (tertiary/aromatic N) is 3. The zero-order chi connectivity index (χ0) is 18.7. The highest BCUT2D eigenvalue weighted by molar-refractivity contribution is 5.79. The van der Waals surface area contributed by atoms with Gasteiger partial charge in [-0.1, -0.05) is 0 Å². The third-order valence-corrected chi connectivity index (χ3v) is 5.06. The molecule has 3 rings (SSSR count). The first kappa shape index (κ1) is 18.7. The van der Waals surface area contributed by atoms with Gasteiger partial charge in [-0.05, 0) is 32.9 Å². The van der Waals surface area contributed by atoms with E-state index in [2.05, 4.69) is 15.3 Å². The van der Waals surface area contributed by atoms with E-state index in [-0.39, 0.29) is 11.9 Å². The maximum absolute atomic E-state index is 12.5. The molecule has 1 N–H and O–H groups in total. The van der Waals surface area contributed by atoms with Crippen LogP contribution in [0.25, 0.3) is 0 Å².